The maximum Gasteiger partial charge on any atom is 0.138 e. The number of hydrogen-bond donors (Lipinski definition) is 1. The zero-order valence-electron chi connectivity index (χ0n) is 9.36. The summed E-state index contributed by atoms with van der Waals surface area (Å²) in [5.74, 6) is 1.04. The number of hydrogen-bond acceptors (Lipinski definition) is 4. The van der Waals surface area contributed by atoms with Gasteiger partial charge in [-0.15, -0.1) is 0 Å². The summed E-state index contributed by atoms with van der Waals surface area (Å²) in [6.07, 6.45) is 3.64. The number of aryl methyl sites for hydroxylation is 1. The Morgan fingerprint density at radius 1 is 1.67 bits per heavy atom. The fourth-order valence-corrected chi connectivity index (χ4v) is 2.18. The van der Waals surface area contributed by atoms with Gasteiger partial charge in [0.2, 0.25) is 0 Å². The summed E-state index contributed by atoms with van der Waals surface area (Å²) in [7, 11) is 3.92. The molecule has 1 unspecified atom stereocenters. The van der Waals surface area contributed by atoms with Crippen LogP contribution in [0.2, 0.25) is 0 Å². The summed E-state index contributed by atoms with van der Waals surface area (Å²) in [6, 6.07) is 0. The van der Waals surface area contributed by atoms with E-state index in [0.29, 0.717) is 0 Å². The first kappa shape index (κ1) is 10.6. The molecule has 1 aromatic heterocycles. The summed E-state index contributed by atoms with van der Waals surface area (Å²) in [6.45, 7) is 2.65. The van der Waals surface area contributed by atoms with Gasteiger partial charge in [0.1, 0.15) is 12.2 Å². The zero-order chi connectivity index (χ0) is 10.7. The summed E-state index contributed by atoms with van der Waals surface area (Å²) < 4.78 is 7.35. The normalized spacial score (nSPS) is 26.0. The van der Waals surface area contributed by atoms with E-state index >= 15 is 0 Å². The van der Waals surface area contributed by atoms with E-state index < -0.39 is 0 Å². The van der Waals surface area contributed by atoms with Crippen molar-refractivity contribution in [3.63, 3.8) is 0 Å². The topological polar surface area (TPSA) is 52.0 Å². The zero-order valence-corrected chi connectivity index (χ0v) is 9.36. The molecule has 84 valence electrons. The quantitative estimate of drug-likeness (QED) is 0.759. The Hall–Kier alpha value is -0.940. The number of nitrogens with one attached hydrogen (secondary N) is 1. The van der Waals surface area contributed by atoms with Crippen LogP contribution in [0, 0.1) is 5.41 Å². The van der Waals surface area contributed by atoms with Crippen LogP contribution < -0.4 is 5.32 Å². The third-order valence-corrected chi connectivity index (χ3v) is 3.08. The summed E-state index contributed by atoms with van der Waals surface area (Å²) in [5.41, 5.74) is 0.204. The first-order valence-corrected chi connectivity index (χ1v) is 5.31. The summed E-state index contributed by atoms with van der Waals surface area (Å²) >= 11 is 0. The van der Waals surface area contributed by atoms with Gasteiger partial charge in [0.15, 0.2) is 0 Å². The monoisotopic (exact) mass is 210 g/mol. The molecule has 1 aliphatic heterocycles. The Morgan fingerprint density at radius 2 is 2.53 bits per heavy atom. The molecular formula is C10H18N4O. The van der Waals surface area contributed by atoms with Gasteiger partial charge in [-0.2, -0.15) is 5.10 Å². The SMILES string of the molecule is CNCC1(Cc2ncnn2C)CCOC1. The molecule has 0 spiro atoms. The molecule has 0 aliphatic carbocycles. The first-order chi connectivity index (χ1) is 7.26. The van der Waals surface area contributed by atoms with Crippen molar-refractivity contribution in [2.75, 3.05) is 26.8 Å². The van der Waals surface area contributed by atoms with Gasteiger partial charge in [0, 0.05) is 32.0 Å². The van der Waals surface area contributed by atoms with Crippen molar-refractivity contribution in [2.24, 2.45) is 12.5 Å². The number of ether oxygens (including phenoxy) is 1. The third-order valence-electron chi connectivity index (χ3n) is 3.08. The average molecular weight is 210 g/mol. The Kier molecular flexibility index (Phi) is 3.02. The molecule has 0 aromatic carbocycles. The Balaban J connectivity index is 2.10. The van der Waals surface area contributed by atoms with E-state index in [0.717, 1.165) is 38.4 Å². The van der Waals surface area contributed by atoms with Crippen molar-refractivity contribution in [3.8, 4) is 0 Å². The molecule has 5 heteroatoms. The molecule has 2 heterocycles. The van der Waals surface area contributed by atoms with Gasteiger partial charge in [-0.05, 0) is 13.5 Å². The van der Waals surface area contributed by atoms with Gasteiger partial charge in [-0.25, -0.2) is 4.98 Å². The lowest BCUT2D eigenvalue weighted by molar-refractivity contribution is 0.149. The van der Waals surface area contributed by atoms with E-state index in [2.05, 4.69) is 15.4 Å². The lowest BCUT2D eigenvalue weighted by Gasteiger charge is -2.26. The predicted octanol–water partition coefficient (Wildman–Crippen LogP) is -0.0163. The second kappa shape index (κ2) is 4.28. The van der Waals surface area contributed by atoms with Gasteiger partial charge in [-0.3, -0.25) is 4.68 Å². The molecule has 1 aromatic rings. The van der Waals surface area contributed by atoms with Crippen LogP contribution in [0.1, 0.15) is 12.2 Å². The predicted molar refractivity (Wildman–Crippen MR) is 56.5 cm³/mol. The van der Waals surface area contributed by atoms with Crippen molar-refractivity contribution >= 4 is 0 Å². The molecule has 1 N–H and O–H groups in total. The van der Waals surface area contributed by atoms with E-state index in [4.69, 9.17) is 4.74 Å². The second-order valence-corrected chi connectivity index (χ2v) is 4.31. The van der Waals surface area contributed by atoms with Crippen molar-refractivity contribution in [2.45, 2.75) is 12.8 Å². The summed E-state index contributed by atoms with van der Waals surface area (Å²) in [4.78, 5) is 4.28. The molecule has 1 atom stereocenters. The highest BCUT2D eigenvalue weighted by Crippen LogP contribution is 2.31. The van der Waals surface area contributed by atoms with Gasteiger partial charge < -0.3 is 10.1 Å². The Morgan fingerprint density at radius 3 is 3.07 bits per heavy atom. The molecule has 5 nitrogen and oxygen atoms in total. The van der Waals surface area contributed by atoms with Crippen LogP contribution in [-0.2, 0) is 18.2 Å². The molecule has 0 saturated carbocycles. The maximum atomic E-state index is 5.50. The molecule has 0 radical (unpaired) electrons. The van der Waals surface area contributed by atoms with Crippen LogP contribution >= 0.6 is 0 Å². The fourth-order valence-electron chi connectivity index (χ4n) is 2.18. The van der Waals surface area contributed by atoms with Crippen LogP contribution in [0.15, 0.2) is 6.33 Å². The van der Waals surface area contributed by atoms with Crippen molar-refractivity contribution in [1.29, 1.82) is 0 Å². The smallest absolute Gasteiger partial charge is 0.138 e. The highest BCUT2D eigenvalue weighted by atomic mass is 16.5. The van der Waals surface area contributed by atoms with Gasteiger partial charge in [-0.1, -0.05) is 0 Å². The molecule has 1 fully saturated rings. The molecule has 15 heavy (non-hydrogen) atoms. The lowest BCUT2D eigenvalue weighted by Crippen LogP contribution is -2.36. The minimum absolute atomic E-state index is 0.204. The highest BCUT2D eigenvalue weighted by Gasteiger charge is 2.35. The Labute approximate surface area is 89.8 Å². The number of aromatic nitrogens is 3. The number of rotatable bonds is 4. The average Bonchev–Trinajstić information content (AvgIpc) is 2.79. The molecular weight excluding hydrogens is 192 g/mol. The van der Waals surface area contributed by atoms with E-state index in [9.17, 15) is 0 Å². The van der Waals surface area contributed by atoms with Crippen LogP contribution in [0.4, 0.5) is 0 Å². The minimum Gasteiger partial charge on any atom is -0.381 e. The Bertz CT molecular complexity index is 317. The molecule has 1 saturated heterocycles. The van der Waals surface area contributed by atoms with Crippen molar-refractivity contribution in [3.05, 3.63) is 12.2 Å². The molecule has 2 rings (SSSR count). The highest BCUT2D eigenvalue weighted by molar-refractivity contribution is 4.96. The third kappa shape index (κ3) is 2.18. The van der Waals surface area contributed by atoms with E-state index in [1.54, 1.807) is 6.33 Å². The first-order valence-electron chi connectivity index (χ1n) is 5.31. The lowest BCUT2D eigenvalue weighted by atomic mass is 9.83. The molecule has 0 amide bonds. The van der Waals surface area contributed by atoms with Crippen molar-refractivity contribution < 1.29 is 4.74 Å². The van der Waals surface area contributed by atoms with Gasteiger partial charge in [0.25, 0.3) is 0 Å². The van der Waals surface area contributed by atoms with Gasteiger partial charge in [0.05, 0.1) is 6.61 Å². The van der Waals surface area contributed by atoms with E-state index in [1.807, 2.05) is 18.8 Å². The van der Waals surface area contributed by atoms with E-state index in [1.165, 1.54) is 0 Å². The van der Waals surface area contributed by atoms with Gasteiger partial charge >= 0.3 is 0 Å². The van der Waals surface area contributed by atoms with Crippen LogP contribution in [-0.4, -0.2) is 41.6 Å². The number of nitrogens with zero attached hydrogens (tertiary/aromatic N) is 3. The second-order valence-electron chi connectivity index (χ2n) is 4.31. The van der Waals surface area contributed by atoms with Crippen LogP contribution in [0.3, 0.4) is 0 Å². The minimum atomic E-state index is 0.204. The standard InChI is InChI=1S/C10H18N4O/c1-11-6-10(3-4-15-7-10)5-9-12-8-13-14(9)2/h8,11H,3-7H2,1-2H3. The van der Waals surface area contributed by atoms with Crippen molar-refractivity contribution in [1.82, 2.24) is 20.1 Å². The fraction of sp³-hybridized carbons (Fsp3) is 0.800. The molecule has 1 aliphatic rings. The summed E-state index contributed by atoms with van der Waals surface area (Å²) in [5, 5.41) is 7.34. The van der Waals surface area contributed by atoms with Crippen LogP contribution in [0.25, 0.3) is 0 Å². The maximum absolute atomic E-state index is 5.50. The molecule has 0 bridgehead atoms. The van der Waals surface area contributed by atoms with Crippen LogP contribution in [0.5, 0.6) is 0 Å². The largest absolute Gasteiger partial charge is 0.381 e. The van der Waals surface area contributed by atoms with E-state index in [-0.39, 0.29) is 5.41 Å².